The van der Waals surface area contributed by atoms with Crippen LogP contribution in [0.5, 0.6) is 0 Å². The first-order chi connectivity index (χ1) is 16.8. The van der Waals surface area contributed by atoms with Gasteiger partial charge in [-0.15, -0.1) is 0 Å². The highest BCUT2D eigenvalue weighted by Crippen LogP contribution is 2.22. The Hall–Kier alpha value is -2.94. The summed E-state index contributed by atoms with van der Waals surface area (Å²) < 4.78 is 39.6. The quantitative estimate of drug-likeness (QED) is 0.456. The Balaban J connectivity index is 2.17. The average molecular weight is 520 g/mol. The van der Waals surface area contributed by atoms with Gasteiger partial charge in [0, 0.05) is 26.1 Å². The fourth-order valence-corrected chi connectivity index (χ4v) is 4.66. The lowest BCUT2D eigenvalue weighted by Gasteiger charge is -2.29. The van der Waals surface area contributed by atoms with E-state index in [1.54, 1.807) is 25.1 Å². The van der Waals surface area contributed by atoms with Gasteiger partial charge in [-0.3, -0.25) is 13.9 Å². The van der Waals surface area contributed by atoms with Crippen LogP contribution in [0.4, 0.5) is 10.1 Å². The first-order valence-corrected chi connectivity index (χ1v) is 14.0. The van der Waals surface area contributed by atoms with Crippen LogP contribution in [0.3, 0.4) is 0 Å². The van der Waals surface area contributed by atoms with Crippen LogP contribution in [0.15, 0.2) is 42.5 Å². The second-order valence-electron chi connectivity index (χ2n) is 9.67. The summed E-state index contributed by atoms with van der Waals surface area (Å²) in [6, 6.07) is 10.5. The Morgan fingerprint density at radius 2 is 1.64 bits per heavy atom. The van der Waals surface area contributed by atoms with Crippen LogP contribution >= 0.6 is 0 Å². The van der Waals surface area contributed by atoms with Crippen LogP contribution in [0, 0.1) is 25.6 Å². The monoisotopic (exact) mass is 519 g/mol. The third-order valence-electron chi connectivity index (χ3n) is 6.05. The molecular weight excluding hydrogens is 481 g/mol. The SMILES string of the molecule is Cc1ccc(N(CCCC(=O)N(Cc2ccc(F)cc2)C(C)C(=O)NCC(C)C)S(C)(=O)=O)cc1C. The molecule has 0 saturated heterocycles. The van der Waals surface area contributed by atoms with Crippen LogP contribution in [0.1, 0.15) is 50.3 Å². The highest BCUT2D eigenvalue weighted by atomic mass is 32.2. The number of hydrogen-bond donors (Lipinski definition) is 1. The fourth-order valence-electron chi connectivity index (χ4n) is 3.71. The molecule has 0 aliphatic rings. The van der Waals surface area contributed by atoms with Crippen molar-refractivity contribution < 1.29 is 22.4 Å². The number of hydrogen-bond acceptors (Lipinski definition) is 4. The first-order valence-electron chi connectivity index (χ1n) is 12.2. The van der Waals surface area contributed by atoms with E-state index in [1.165, 1.54) is 21.3 Å². The number of nitrogens with one attached hydrogen (secondary N) is 1. The Morgan fingerprint density at radius 3 is 2.19 bits per heavy atom. The summed E-state index contributed by atoms with van der Waals surface area (Å²) in [6.07, 6.45) is 1.48. The molecule has 0 aliphatic carbocycles. The molecule has 0 aliphatic heterocycles. The molecule has 1 atom stereocenters. The lowest BCUT2D eigenvalue weighted by atomic mass is 10.1. The van der Waals surface area contributed by atoms with Crippen molar-refractivity contribution in [1.29, 1.82) is 0 Å². The molecule has 9 heteroatoms. The third-order valence-corrected chi connectivity index (χ3v) is 7.24. The van der Waals surface area contributed by atoms with Gasteiger partial charge < -0.3 is 10.2 Å². The average Bonchev–Trinajstić information content (AvgIpc) is 2.80. The minimum Gasteiger partial charge on any atom is -0.354 e. The molecule has 0 bridgehead atoms. The fraction of sp³-hybridized carbons (Fsp3) is 0.481. The number of rotatable bonds is 12. The van der Waals surface area contributed by atoms with E-state index in [4.69, 9.17) is 0 Å². The molecule has 0 radical (unpaired) electrons. The Labute approximate surface area is 214 Å². The van der Waals surface area contributed by atoms with E-state index in [9.17, 15) is 22.4 Å². The topological polar surface area (TPSA) is 86.8 Å². The van der Waals surface area contributed by atoms with Crippen molar-refractivity contribution in [3.05, 3.63) is 65.0 Å². The van der Waals surface area contributed by atoms with Crippen molar-refractivity contribution in [2.24, 2.45) is 5.92 Å². The van der Waals surface area contributed by atoms with Gasteiger partial charge in [-0.25, -0.2) is 12.8 Å². The lowest BCUT2D eigenvalue weighted by Crippen LogP contribution is -2.48. The van der Waals surface area contributed by atoms with Gasteiger partial charge in [-0.2, -0.15) is 0 Å². The zero-order valence-electron chi connectivity index (χ0n) is 22.0. The van der Waals surface area contributed by atoms with E-state index >= 15 is 0 Å². The molecule has 2 aromatic carbocycles. The highest BCUT2D eigenvalue weighted by molar-refractivity contribution is 7.92. The summed E-state index contributed by atoms with van der Waals surface area (Å²) in [4.78, 5) is 27.5. The minimum absolute atomic E-state index is 0.0554. The second-order valence-corrected chi connectivity index (χ2v) is 11.6. The molecule has 1 unspecified atom stereocenters. The van der Waals surface area contributed by atoms with Crippen LogP contribution < -0.4 is 9.62 Å². The molecule has 0 saturated carbocycles. The lowest BCUT2D eigenvalue weighted by molar-refractivity contribution is -0.140. The van der Waals surface area contributed by atoms with Crippen molar-refractivity contribution >= 4 is 27.5 Å². The van der Waals surface area contributed by atoms with Crippen molar-refractivity contribution in [3.8, 4) is 0 Å². The maximum Gasteiger partial charge on any atom is 0.242 e. The van der Waals surface area contributed by atoms with E-state index in [1.807, 2.05) is 39.8 Å². The van der Waals surface area contributed by atoms with Crippen LogP contribution in [-0.2, 0) is 26.2 Å². The molecule has 2 amide bonds. The first kappa shape index (κ1) is 29.3. The summed E-state index contributed by atoms with van der Waals surface area (Å²) in [7, 11) is -3.55. The Bertz CT molecular complexity index is 1150. The summed E-state index contributed by atoms with van der Waals surface area (Å²) in [5.41, 5.74) is 3.28. The Kier molecular flexibility index (Phi) is 10.5. The van der Waals surface area contributed by atoms with Gasteiger partial charge in [0.15, 0.2) is 0 Å². The number of sulfonamides is 1. The predicted molar refractivity (Wildman–Crippen MR) is 142 cm³/mol. The van der Waals surface area contributed by atoms with Gasteiger partial charge in [0.05, 0.1) is 11.9 Å². The van der Waals surface area contributed by atoms with Gasteiger partial charge in [0.25, 0.3) is 0 Å². The molecule has 0 spiro atoms. The normalized spacial score (nSPS) is 12.3. The smallest absolute Gasteiger partial charge is 0.242 e. The summed E-state index contributed by atoms with van der Waals surface area (Å²) in [6.45, 7) is 10.3. The second kappa shape index (κ2) is 12.9. The number of amides is 2. The maximum absolute atomic E-state index is 13.4. The summed E-state index contributed by atoms with van der Waals surface area (Å²) in [5, 5.41) is 2.86. The van der Waals surface area contributed by atoms with Gasteiger partial charge in [0.1, 0.15) is 11.9 Å². The van der Waals surface area contributed by atoms with Gasteiger partial charge in [0.2, 0.25) is 21.8 Å². The largest absolute Gasteiger partial charge is 0.354 e. The van der Waals surface area contributed by atoms with E-state index in [0.717, 1.165) is 17.4 Å². The number of aryl methyl sites for hydroxylation is 2. The molecular formula is C27H38FN3O4S. The van der Waals surface area contributed by atoms with Gasteiger partial charge in [-0.1, -0.05) is 32.0 Å². The number of carbonyl (C=O) groups excluding carboxylic acids is 2. The van der Waals surface area contributed by atoms with Crippen LogP contribution in [0.2, 0.25) is 0 Å². The molecule has 2 aromatic rings. The maximum atomic E-state index is 13.4. The zero-order chi connectivity index (χ0) is 27.0. The number of carbonyl (C=O) groups is 2. The molecule has 1 N–H and O–H groups in total. The van der Waals surface area contributed by atoms with E-state index in [-0.39, 0.29) is 49.5 Å². The highest BCUT2D eigenvalue weighted by Gasteiger charge is 2.26. The van der Waals surface area contributed by atoms with Crippen molar-refractivity contribution in [2.45, 2.75) is 60.0 Å². The molecule has 0 heterocycles. The Morgan fingerprint density at radius 1 is 1.00 bits per heavy atom. The van der Waals surface area contributed by atoms with E-state index < -0.39 is 16.1 Å². The van der Waals surface area contributed by atoms with Gasteiger partial charge >= 0.3 is 0 Å². The summed E-state index contributed by atoms with van der Waals surface area (Å²) in [5.74, 6) is -0.673. The molecule has 36 heavy (non-hydrogen) atoms. The van der Waals surface area contributed by atoms with Crippen molar-refractivity contribution in [1.82, 2.24) is 10.2 Å². The minimum atomic E-state index is -3.55. The molecule has 0 aromatic heterocycles. The number of benzene rings is 2. The molecule has 2 rings (SSSR count). The predicted octanol–water partition coefficient (Wildman–Crippen LogP) is 4.18. The van der Waals surface area contributed by atoms with Gasteiger partial charge in [-0.05, 0) is 74.1 Å². The van der Waals surface area contributed by atoms with E-state index in [0.29, 0.717) is 17.8 Å². The standard InChI is InChI=1S/C27H38FN3O4S/c1-19(2)17-29-27(33)22(5)30(18-23-10-12-24(28)13-11-23)26(32)8-7-15-31(36(6,34)35)25-14-9-20(3)21(4)16-25/h9-14,16,19,22H,7-8,15,17-18H2,1-6H3,(H,29,33). The molecule has 0 fully saturated rings. The van der Waals surface area contributed by atoms with Crippen LogP contribution in [0.25, 0.3) is 0 Å². The summed E-state index contributed by atoms with van der Waals surface area (Å²) >= 11 is 0. The van der Waals surface area contributed by atoms with E-state index in [2.05, 4.69) is 5.32 Å². The molecule has 7 nitrogen and oxygen atoms in total. The number of nitrogens with zero attached hydrogens (tertiary/aromatic N) is 2. The third kappa shape index (κ3) is 8.62. The zero-order valence-corrected chi connectivity index (χ0v) is 22.9. The number of anilines is 1. The number of halogens is 1. The molecule has 198 valence electrons. The van der Waals surface area contributed by atoms with Crippen molar-refractivity contribution in [2.75, 3.05) is 23.7 Å². The van der Waals surface area contributed by atoms with Crippen molar-refractivity contribution in [3.63, 3.8) is 0 Å². The van der Waals surface area contributed by atoms with Crippen LogP contribution in [-0.4, -0.2) is 50.5 Å².